The van der Waals surface area contributed by atoms with Crippen LogP contribution in [0.5, 0.6) is 0 Å². The van der Waals surface area contributed by atoms with Crippen LogP contribution in [0.1, 0.15) is 13.8 Å². The average molecular weight is 142 g/mol. The van der Waals surface area contributed by atoms with E-state index in [1.165, 1.54) is 13.1 Å². The lowest BCUT2D eigenvalue weighted by Gasteiger charge is -2.28. The van der Waals surface area contributed by atoms with Crippen LogP contribution in [-0.2, 0) is 4.79 Å². The van der Waals surface area contributed by atoms with Crippen molar-refractivity contribution in [1.29, 1.82) is 0 Å². The summed E-state index contributed by atoms with van der Waals surface area (Å²) >= 11 is 0. The first-order chi connectivity index (χ1) is 4.51. The molecule has 0 saturated carbocycles. The molecule has 1 rings (SSSR count). The van der Waals surface area contributed by atoms with Crippen molar-refractivity contribution in [2.75, 3.05) is 0 Å². The van der Waals surface area contributed by atoms with Gasteiger partial charge in [0, 0.05) is 18.7 Å². The van der Waals surface area contributed by atoms with Gasteiger partial charge >= 0.3 is 0 Å². The quantitative estimate of drug-likeness (QED) is 0.418. The van der Waals surface area contributed by atoms with Gasteiger partial charge in [-0.25, -0.2) is 0 Å². The number of hydrogen-bond acceptors (Lipinski definition) is 3. The molecule has 0 spiro atoms. The van der Waals surface area contributed by atoms with Gasteiger partial charge in [0.15, 0.2) is 0 Å². The molecule has 1 aliphatic rings. The van der Waals surface area contributed by atoms with Crippen molar-refractivity contribution in [2.24, 2.45) is 0 Å². The number of rotatable bonds is 0. The molecule has 0 aromatic heterocycles. The number of nitrogens with one attached hydrogen (secondary N) is 2. The van der Waals surface area contributed by atoms with Gasteiger partial charge in [-0.2, -0.15) is 0 Å². The maximum Gasteiger partial charge on any atom is 0.251 e. The molecule has 4 heteroatoms. The highest BCUT2D eigenvalue weighted by molar-refractivity contribution is 5.93. The van der Waals surface area contributed by atoms with E-state index in [9.17, 15) is 9.90 Å². The van der Waals surface area contributed by atoms with Crippen molar-refractivity contribution < 1.29 is 9.90 Å². The van der Waals surface area contributed by atoms with Crippen LogP contribution in [0.4, 0.5) is 0 Å². The fourth-order valence-electron chi connectivity index (χ4n) is 0.670. The standard InChI is InChI=1S/C6H10N2O2/c1-4-3-7-6(2,10)8-5(4)9/h3,7,10H,1-2H3,(H,8,9). The van der Waals surface area contributed by atoms with Crippen molar-refractivity contribution in [3.63, 3.8) is 0 Å². The zero-order valence-corrected chi connectivity index (χ0v) is 5.93. The van der Waals surface area contributed by atoms with E-state index in [4.69, 9.17) is 0 Å². The summed E-state index contributed by atoms with van der Waals surface area (Å²) in [6, 6.07) is 0. The summed E-state index contributed by atoms with van der Waals surface area (Å²) in [4.78, 5) is 10.8. The van der Waals surface area contributed by atoms with Crippen LogP contribution in [0.3, 0.4) is 0 Å². The van der Waals surface area contributed by atoms with Gasteiger partial charge in [-0.3, -0.25) is 4.79 Å². The van der Waals surface area contributed by atoms with Gasteiger partial charge < -0.3 is 15.7 Å². The monoisotopic (exact) mass is 142 g/mol. The summed E-state index contributed by atoms with van der Waals surface area (Å²) in [5.41, 5.74) is 0.562. The normalized spacial score (nSPS) is 32.3. The highest BCUT2D eigenvalue weighted by Crippen LogP contribution is 2.03. The third-order valence-corrected chi connectivity index (χ3v) is 1.28. The van der Waals surface area contributed by atoms with E-state index in [0.717, 1.165) is 0 Å². The Labute approximate surface area is 58.9 Å². The second kappa shape index (κ2) is 1.98. The van der Waals surface area contributed by atoms with Gasteiger partial charge in [-0.05, 0) is 6.92 Å². The van der Waals surface area contributed by atoms with E-state index < -0.39 is 5.85 Å². The van der Waals surface area contributed by atoms with Gasteiger partial charge in [0.2, 0.25) is 5.85 Å². The molecule has 10 heavy (non-hydrogen) atoms. The molecule has 0 aliphatic carbocycles. The Kier molecular flexibility index (Phi) is 1.40. The Hall–Kier alpha value is -1.03. The van der Waals surface area contributed by atoms with E-state index >= 15 is 0 Å². The zero-order valence-electron chi connectivity index (χ0n) is 5.93. The molecule has 1 atom stereocenters. The summed E-state index contributed by atoms with van der Waals surface area (Å²) in [6.07, 6.45) is 1.48. The maximum atomic E-state index is 10.8. The van der Waals surface area contributed by atoms with Crippen LogP contribution in [0.15, 0.2) is 11.8 Å². The van der Waals surface area contributed by atoms with Gasteiger partial charge in [0.1, 0.15) is 0 Å². The predicted octanol–water partition coefficient (Wildman–Crippen LogP) is -0.724. The van der Waals surface area contributed by atoms with Gasteiger partial charge in [0.25, 0.3) is 5.91 Å². The second-order valence-corrected chi connectivity index (χ2v) is 2.50. The second-order valence-electron chi connectivity index (χ2n) is 2.50. The van der Waals surface area contributed by atoms with Crippen LogP contribution >= 0.6 is 0 Å². The third kappa shape index (κ3) is 1.27. The van der Waals surface area contributed by atoms with Crippen LogP contribution < -0.4 is 10.6 Å². The molecule has 3 N–H and O–H groups in total. The molecule has 56 valence electrons. The number of aliphatic hydroxyl groups is 1. The van der Waals surface area contributed by atoms with Crippen LogP contribution in [0, 0.1) is 0 Å². The first kappa shape index (κ1) is 7.08. The number of amides is 1. The molecule has 1 aliphatic heterocycles. The van der Waals surface area contributed by atoms with Crippen molar-refractivity contribution in [1.82, 2.24) is 10.6 Å². The van der Waals surface area contributed by atoms with E-state index in [-0.39, 0.29) is 5.91 Å². The number of carbonyl (C=O) groups excluding carboxylic acids is 1. The fourth-order valence-corrected chi connectivity index (χ4v) is 0.670. The average Bonchev–Trinajstić information content (AvgIpc) is 1.79. The number of hydrogen-bond donors (Lipinski definition) is 3. The topological polar surface area (TPSA) is 61.4 Å². The molecule has 1 amide bonds. The first-order valence-corrected chi connectivity index (χ1v) is 3.01. The lowest BCUT2D eigenvalue weighted by molar-refractivity contribution is -0.126. The minimum atomic E-state index is -1.30. The minimum absolute atomic E-state index is 0.247. The zero-order chi connectivity index (χ0) is 7.78. The molecule has 0 aromatic rings. The molecule has 0 bridgehead atoms. The summed E-state index contributed by atoms with van der Waals surface area (Å²) < 4.78 is 0. The van der Waals surface area contributed by atoms with Gasteiger partial charge in [-0.15, -0.1) is 0 Å². The molecule has 0 aromatic carbocycles. The van der Waals surface area contributed by atoms with Crippen LogP contribution in [0.25, 0.3) is 0 Å². The van der Waals surface area contributed by atoms with E-state index in [1.54, 1.807) is 6.92 Å². The van der Waals surface area contributed by atoms with Gasteiger partial charge in [0.05, 0.1) is 0 Å². The van der Waals surface area contributed by atoms with Crippen molar-refractivity contribution in [2.45, 2.75) is 19.7 Å². The molecule has 0 fully saturated rings. The lowest BCUT2D eigenvalue weighted by Crippen LogP contribution is -2.57. The lowest BCUT2D eigenvalue weighted by atomic mass is 10.2. The van der Waals surface area contributed by atoms with Crippen LogP contribution in [-0.4, -0.2) is 16.9 Å². The van der Waals surface area contributed by atoms with Crippen LogP contribution in [0.2, 0.25) is 0 Å². The highest BCUT2D eigenvalue weighted by Gasteiger charge is 2.25. The SMILES string of the molecule is CC1=CNC(C)(O)NC1=O. The van der Waals surface area contributed by atoms with Gasteiger partial charge in [-0.1, -0.05) is 0 Å². The van der Waals surface area contributed by atoms with Crippen molar-refractivity contribution in [3.05, 3.63) is 11.8 Å². The van der Waals surface area contributed by atoms with E-state index in [2.05, 4.69) is 10.6 Å². The minimum Gasteiger partial charge on any atom is -0.354 e. The summed E-state index contributed by atoms with van der Waals surface area (Å²) in [5, 5.41) is 14.1. The summed E-state index contributed by atoms with van der Waals surface area (Å²) in [7, 11) is 0. The molecule has 4 nitrogen and oxygen atoms in total. The number of carbonyl (C=O) groups is 1. The summed E-state index contributed by atoms with van der Waals surface area (Å²) in [5.74, 6) is -1.54. The molecular weight excluding hydrogens is 132 g/mol. The molecular formula is C6H10N2O2. The Balaban J connectivity index is 2.79. The Morgan fingerprint density at radius 3 is 2.70 bits per heavy atom. The van der Waals surface area contributed by atoms with Crippen molar-refractivity contribution >= 4 is 5.91 Å². The third-order valence-electron chi connectivity index (χ3n) is 1.28. The molecule has 0 radical (unpaired) electrons. The Bertz CT molecular complexity index is 196. The first-order valence-electron chi connectivity index (χ1n) is 3.01. The fraction of sp³-hybridized carbons (Fsp3) is 0.500. The summed E-state index contributed by atoms with van der Waals surface area (Å²) in [6.45, 7) is 3.13. The van der Waals surface area contributed by atoms with E-state index in [0.29, 0.717) is 5.57 Å². The van der Waals surface area contributed by atoms with E-state index in [1.807, 2.05) is 0 Å². The maximum absolute atomic E-state index is 10.8. The Morgan fingerprint density at radius 2 is 2.30 bits per heavy atom. The highest BCUT2D eigenvalue weighted by atomic mass is 16.3. The Morgan fingerprint density at radius 1 is 1.70 bits per heavy atom. The predicted molar refractivity (Wildman–Crippen MR) is 35.7 cm³/mol. The largest absolute Gasteiger partial charge is 0.354 e. The molecule has 1 heterocycles. The molecule has 1 unspecified atom stereocenters. The smallest absolute Gasteiger partial charge is 0.251 e. The van der Waals surface area contributed by atoms with Crippen molar-refractivity contribution in [3.8, 4) is 0 Å². The molecule has 0 saturated heterocycles.